The predicted molar refractivity (Wildman–Crippen MR) is 136 cm³/mol. The van der Waals surface area contributed by atoms with Crippen LogP contribution >= 0.6 is 0 Å². The molecule has 0 spiro atoms. The van der Waals surface area contributed by atoms with Crippen molar-refractivity contribution >= 4 is 0 Å². The third kappa shape index (κ3) is 4.50. The molecule has 4 aromatic rings. The highest BCUT2D eigenvalue weighted by Gasteiger charge is 2.27. The maximum atomic E-state index is 5.23. The summed E-state index contributed by atoms with van der Waals surface area (Å²) in [5.74, 6) is 0. The predicted octanol–water partition coefficient (Wildman–Crippen LogP) is 8.07. The van der Waals surface area contributed by atoms with Gasteiger partial charge in [0.25, 0.3) is 0 Å². The summed E-state index contributed by atoms with van der Waals surface area (Å²) in [6.07, 6.45) is 0. The van der Waals surface area contributed by atoms with E-state index in [9.17, 15) is 0 Å². The Labute approximate surface area is 192 Å². The Kier molecular flexibility index (Phi) is 5.73. The first-order chi connectivity index (χ1) is 15.1. The zero-order valence-electron chi connectivity index (χ0n) is 20.0. The number of hydrogen-bond donors (Lipinski definition) is 0. The molecule has 2 heteroatoms. The number of nitrogens with zero attached hydrogens (tertiary/aromatic N) is 2. The molecule has 162 valence electrons. The molecule has 0 unspecified atom stereocenters. The molecule has 2 heterocycles. The van der Waals surface area contributed by atoms with Crippen LogP contribution in [-0.2, 0) is 10.8 Å². The van der Waals surface area contributed by atoms with Crippen molar-refractivity contribution in [3.05, 3.63) is 96.1 Å². The van der Waals surface area contributed by atoms with E-state index in [2.05, 4.69) is 114 Å². The minimum absolute atomic E-state index is 0.0584. The monoisotopic (exact) mass is 420 g/mol. The molecule has 32 heavy (non-hydrogen) atoms. The molecule has 2 aromatic carbocycles. The molecule has 0 radical (unpaired) electrons. The first kappa shape index (κ1) is 22.0. The van der Waals surface area contributed by atoms with E-state index in [4.69, 9.17) is 9.97 Å². The van der Waals surface area contributed by atoms with Gasteiger partial charge in [-0.2, -0.15) is 0 Å². The van der Waals surface area contributed by atoms with Gasteiger partial charge in [0.15, 0.2) is 0 Å². The molecule has 0 N–H and O–H groups in total. The fourth-order valence-electron chi connectivity index (χ4n) is 4.03. The van der Waals surface area contributed by atoms with Gasteiger partial charge in [-0.25, -0.2) is 9.97 Å². The van der Waals surface area contributed by atoms with E-state index in [1.54, 1.807) is 0 Å². The van der Waals surface area contributed by atoms with Crippen LogP contribution in [0.3, 0.4) is 0 Å². The lowest BCUT2D eigenvalue weighted by Crippen LogP contribution is -2.18. The lowest BCUT2D eigenvalue weighted by atomic mass is 9.80. The van der Waals surface area contributed by atoms with E-state index in [0.717, 1.165) is 33.9 Å². The van der Waals surface area contributed by atoms with Crippen LogP contribution in [0.2, 0.25) is 0 Å². The normalized spacial score (nSPS) is 12.1. The second kappa shape index (κ2) is 8.35. The van der Waals surface area contributed by atoms with Gasteiger partial charge in [-0.1, -0.05) is 114 Å². The second-order valence-electron chi connectivity index (χ2n) is 10.4. The van der Waals surface area contributed by atoms with Gasteiger partial charge in [0.05, 0.1) is 22.8 Å². The number of pyridine rings is 2. The molecule has 2 nitrogen and oxygen atoms in total. The Morgan fingerprint density at radius 1 is 0.438 bits per heavy atom. The van der Waals surface area contributed by atoms with Crippen molar-refractivity contribution in [3.8, 4) is 33.9 Å². The molecule has 2 aromatic heterocycles. The molecule has 0 aliphatic rings. The van der Waals surface area contributed by atoms with Crippen molar-refractivity contribution in [1.82, 2.24) is 9.97 Å². The quantitative estimate of drug-likeness (QED) is 0.335. The molecule has 0 amide bonds. The van der Waals surface area contributed by atoms with Gasteiger partial charge >= 0.3 is 0 Å². The molecule has 0 saturated carbocycles. The highest BCUT2D eigenvalue weighted by atomic mass is 14.8. The van der Waals surface area contributed by atoms with Crippen LogP contribution in [0.5, 0.6) is 0 Å². The molecule has 0 atom stereocenters. The van der Waals surface area contributed by atoms with Gasteiger partial charge in [-0.3, -0.25) is 0 Å². The maximum Gasteiger partial charge on any atom is 0.0934 e. The van der Waals surface area contributed by atoms with Gasteiger partial charge in [-0.15, -0.1) is 0 Å². The number of aromatic nitrogens is 2. The van der Waals surface area contributed by atoms with Crippen LogP contribution in [0.15, 0.2) is 84.9 Å². The zero-order valence-corrected chi connectivity index (χ0v) is 20.0. The summed E-state index contributed by atoms with van der Waals surface area (Å²) in [6, 6.07) is 29.5. The first-order valence-corrected chi connectivity index (χ1v) is 11.3. The van der Waals surface area contributed by atoms with Gasteiger partial charge in [0.2, 0.25) is 0 Å². The van der Waals surface area contributed by atoms with Crippen LogP contribution in [0.4, 0.5) is 0 Å². The van der Waals surface area contributed by atoms with Crippen LogP contribution < -0.4 is 0 Å². The molecule has 0 bridgehead atoms. The molecule has 0 aliphatic heterocycles. The number of hydrogen-bond acceptors (Lipinski definition) is 2. The Morgan fingerprint density at radius 3 is 1.09 bits per heavy atom. The van der Waals surface area contributed by atoms with Crippen molar-refractivity contribution < 1.29 is 0 Å². The van der Waals surface area contributed by atoms with Crippen molar-refractivity contribution in [2.24, 2.45) is 0 Å². The van der Waals surface area contributed by atoms with E-state index in [1.807, 2.05) is 12.1 Å². The average molecular weight is 421 g/mol. The summed E-state index contributed by atoms with van der Waals surface area (Å²) in [5.41, 5.74) is 8.43. The first-order valence-electron chi connectivity index (χ1n) is 11.3. The van der Waals surface area contributed by atoms with Gasteiger partial charge in [-0.05, 0) is 34.1 Å². The SMILES string of the molecule is CC(C)(C)c1ccc(-c2ccccc2)nc1-c1nc(-c2ccccc2)ccc1C(C)(C)C. The summed E-state index contributed by atoms with van der Waals surface area (Å²) >= 11 is 0. The largest absolute Gasteiger partial charge is 0.246 e. The van der Waals surface area contributed by atoms with Crippen LogP contribution in [-0.4, -0.2) is 9.97 Å². The zero-order chi connectivity index (χ0) is 22.9. The van der Waals surface area contributed by atoms with Crippen molar-refractivity contribution in [1.29, 1.82) is 0 Å². The standard InChI is InChI=1S/C30H32N2/c1-29(2,3)23-17-19-25(21-13-9-7-10-14-21)31-27(23)28-24(30(4,5)6)18-20-26(32-28)22-15-11-8-12-16-22/h7-20H,1-6H3. The third-order valence-corrected chi connectivity index (χ3v) is 5.77. The van der Waals surface area contributed by atoms with Crippen molar-refractivity contribution in [2.45, 2.75) is 52.4 Å². The fraction of sp³-hybridized carbons (Fsp3) is 0.267. The van der Waals surface area contributed by atoms with Gasteiger partial charge in [0, 0.05) is 11.1 Å². The lowest BCUT2D eigenvalue weighted by molar-refractivity contribution is 0.581. The summed E-state index contributed by atoms with van der Waals surface area (Å²) in [4.78, 5) is 10.5. The second-order valence-corrected chi connectivity index (χ2v) is 10.4. The average Bonchev–Trinajstić information content (AvgIpc) is 2.78. The van der Waals surface area contributed by atoms with E-state index in [0.29, 0.717) is 0 Å². The topological polar surface area (TPSA) is 25.8 Å². The Balaban J connectivity index is 2.02. The van der Waals surface area contributed by atoms with Crippen LogP contribution in [0, 0.1) is 0 Å². The smallest absolute Gasteiger partial charge is 0.0934 e. The van der Waals surface area contributed by atoms with Crippen LogP contribution in [0.1, 0.15) is 52.7 Å². The Bertz CT molecular complexity index is 1110. The highest BCUT2D eigenvalue weighted by molar-refractivity contribution is 5.73. The number of benzene rings is 2. The minimum Gasteiger partial charge on any atom is -0.246 e. The lowest BCUT2D eigenvalue weighted by Gasteiger charge is -2.27. The van der Waals surface area contributed by atoms with E-state index in [-0.39, 0.29) is 10.8 Å². The molecule has 0 saturated heterocycles. The number of rotatable bonds is 3. The summed E-state index contributed by atoms with van der Waals surface area (Å²) in [7, 11) is 0. The van der Waals surface area contributed by atoms with E-state index >= 15 is 0 Å². The van der Waals surface area contributed by atoms with Gasteiger partial charge < -0.3 is 0 Å². The van der Waals surface area contributed by atoms with Crippen molar-refractivity contribution in [2.75, 3.05) is 0 Å². The molecule has 0 aliphatic carbocycles. The summed E-state index contributed by atoms with van der Waals surface area (Å²) in [6.45, 7) is 13.5. The minimum atomic E-state index is -0.0584. The fourth-order valence-corrected chi connectivity index (χ4v) is 4.03. The third-order valence-electron chi connectivity index (χ3n) is 5.77. The molecule has 0 fully saturated rings. The Hall–Kier alpha value is -3.26. The highest BCUT2D eigenvalue weighted by Crippen LogP contribution is 2.39. The molecular weight excluding hydrogens is 388 g/mol. The van der Waals surface area contributed by atoms with E-state index < -0.39 is 0 Å². The molecule has 4 rings (SSSR count). The van der Waals surface area contributed by atoms with Gasteiger partial charge in [0.1, 0.15) is 0 Å². The maximum absolute atomic E-state index is 5.23. The Morgan fingerprint density at radius 2 is 0.781 bits per heavy atom. The van der Waals surface area contributed by atoms with Crippen molar-refractivity contribution in [3.63, 3.8) is 0 Å². The van der Waals surface area contributed by atoms with Crippen LogP contribution in [0.25, 0.3) is 33.9 Å². The van der Waals surface area contributed by atoms with E-state index in [1.165, 1.54) is 11.1 Å². The molecular formula is C30H32N2. The summed E-state index contributed by atoms with van der Waals surface area (Å²) in [5, 5.41) is 0. The summed E-state index contributed by atoms with van der Waals surface area (Å²) < 4.78 is 0.